The van der Waals surface area contributed by atoms with Gasteiger partial charge in [-0.05, 0) is 13.3 Å². The first-order valence-corrected chi connectivity index (χ1v) is 4.22. The highest BCUT2D eigenvalue weighted by atomic mass is 16.5. The highest BCUT2D eigenvalue weighted by Gasteiger charge is 2.19. The van der Waals surface area contributed by atoms with Crippen LogP contribution in [0.4, 0.5) is 0 Å². The zero-order valence-corrected chi connectivity index (χ0v) is 7.62. The third kappa shape index (κ3) is 2.08. The fourth-order valence-corrected chi connectivity index (χ4v) is 1.20. The molecule has 1 amide bonds. The van der Waals surface area contributed by atoms with Gasteiger partial charge in [0, 0.05) is 20.2 Å². The van der Waals surface area contributed by atoms with E-state index in [4.69, 9.17) is 4.74 Å². The second-order valence-corrected chi connectivity index (χ2v) is 2.92. The molecule has 0 aliphatic carbocycles. The maximum atomic E-state index is 11.5. The third-order valence-corrected chi connectivity index (χ3v) is 2.07. The summed E-state index contributed by atoms with van der Waals surface area (Å²) in [5.74, 6) is 0.0850. The van der Waals surface area contributed by atoms with Gasteiger partial charge in [-0.3, -0.25) is 4.79 Å². The lowest BCUT2D eigenvalue weighted by molar-refractivity contribution is -0.140. The Labute approximate surface area is 73.0 Å². The van der Waals surface area contributed by atoms with Crippen molar-refractivity contribution in [2.45, 2.75) is 19.4 Å². The van der Waals surface area contributed by atoms with Crippen molar-refractivity contribution in [1.82, 2.24) is 4.90 Å². The van der Waals surface area contributed by atoms with Gasteiger partial charge in [0.15, 0.2) is 0 Å². The Balaban J connectivity index is 2.46. The number of ether oxygens (including phenoxy) is 1. The number of carbonyl (C=O) groups excluding carboxylic acids is 1. The van der Waals surface area contributed by atoms with Gasteiger partial charge in [-0.2, -0.15) is 0 Å². The van der Waals surface area contributed by atoms with E-state index >= 15 is 0 Å². The summed E-state index contributed by atoms with van der Waals surface area (Å²) in [6.45, 7) is 3.33. The Morgan fingerprint density at radius 1 is 1.58 bits per heavy atom. The van der Waals surface area contributed by atoms with Gasteiger partial charge in [0.2, 0.25) is 0 Å². The fourth-order valence-electron chi connectivity index (χ4n) is 1.20. The fraction of sp³-hybridized carbons (Fsp3) is 0.667. The summed E-state index contributed by atoms with van der Waals surface area (Å²) in [6, 6.07) is 0. The van der Waals surface area contributed by atoms with Gasteiger partial charge in [-0.15, -0.1) is 0 Å². The van der Waals surface area contributed by atoms with Crippen molar-refractivity contribution >= 4 is 5.91 Å². The van der Waals surface area contributed by atoms with Crippen molar-refractivity contribution in [1.29, 1.82) is 0 Å². The van der Waals surface area contributed by atoms with Crippen LogP contribution in [0.2, 0.25) is 0 Å². The third-order valence-electron chi connectivity index (χ3n) is 2.07. The van der Waals surface area contributed by atoms with E-state index in [2.05, 4.69) is 6.08 Å². The summed E-state index contributed by atoms with van der Waals surface area (Å²) < 4.78 is 4.95. The molecule has 0 aromatic rings. The summed E-state index contributed by atoms with van der Waals surface area (Å²) in [7, 11) is 1.56. The van der Waals surface area contributed by atoms with Crippen LogP contribution in [0.5, 0.6) is 0 Å². The van der Waals surface area contributed by atoms with Crippen LogP contribution in [-0.4, -0.2) is 37.1 Å². The molecule has 1 atom stereocenters. The number of carbonyl (C=O) groups is 1. The largest absolute Gasteiger partial charge is 0.372 e. The number of amides is 1. The minimum Gasteiger partial charge on any atom is -0.372 e. The molecule has 0 bridgehead atoms. The number of hydrogen-bond acceptors (Lipinski definition) is 2. The van der Waals surface area contributed by atoms with E-state index in [1.165, 1.54) is 0 Å². The first-order chi connectivity index (χ1) is 5.75. The van der Waals surface area contributed by atoms with Gasteiger partial charge >= 0.3 is 0 Å². The smallest absolute Gasteiger partial charge is 0.251 e. The molecule has 0 radical (unpaired) electrons. The van der Waals surface area contributed by atoms with Crippen molar-refractivity contribution in [3.63, 3.8) is 0 Å². The first-order valence-electron chi connectivity index (χ1n) is 4.22. The molecule has 68 valence electrons. The van der Waals surface area contributed by atoms with Gasteiger partial charge in [0.05, 0.1) is 0 Å². The van der Waals surface area contributed by atoms with E-state index in [1.807, 2.05) is 11.0 Å². The molecule has 0 spiro atoms. The van der Waals surface area contributed by atoms with E-state index in [0.717, 1.165) is 19.5 Å². The molecule has 0 N–H and O–H groups in total. The summed E-state index contributed by atoms with van der Waals surface area (Å²) in [5, 5.41) is 0. The Morgan fingerprint density at radius 3 is 2.83 bits per heavy atom. The Kier molecular flexibility index (Phi) is 3.29. The van der Waals surface area contributed by atoms with E-state index in [-0.39, 0.29) is 12.0 Å². The first kappa shape index (κ1) is 9.26. The van der Waals surface area contributed by atoms with Gasteiger partial charge in [0.1, 0.15) is 6.10 Å². The van der Waals surface area contributed by atoms with Crippen molar-refractivity contribution in [2.24, 2.45) is 0 Å². The van der Waals surface area contributed by atoms with Gasteiger partial charge in [-0.1, -0.05) is 12.2 Å². The van der Waals surface area contributed by atoms with E-state index < -0.39 is 0 Å². The average Bonchev–Trinajstić information content (AvgIpc) is 2.17. The molecule has 12 heavy (non-hydrogen) atoms. The second kappa shape index (κ2) is 4.26. The Hall–Kier alpha value is -0.830. The predicted octanol–water partition coefficient (Wildman–Crippen LogP) is 0.810. The minimum atomic E-state index is -0.309. The average molecular weight is 169 g/mol. The lowest BCUT2D eigenvalue weighted by Crippen LogP contribution is -2.40. The van der Waals surface area contributed by atoms with Gasteiger partial charge in [-0.25, -0.2) is 0 Å². The Morgan fingerprint density at radius 2 is 2.33 bits per heavy atom. The molecule has 0 fully saturated rings. The molecule has 0 saturated heterocycles. The van der Waals surface area contributed by atoms with Crippen LogP contribution in [0, 0.1) is 0 Å². The SMILES string of the molecule is COC(C)C(=O)N1CC=CCC1. The highest BCUT2D eigenvalue weighted by molar-refractivity contribution is 5.80. The van der Waals surface area contributed by atoms with Crippen LogP contribution in [-0.2, 0) is 9.53 Å². The monoisotopic (exact) mass is 169 g/mol. The number of hydrogen-bond donors (Lipinski definition) is 0. The molecule has 3 nitrogen and oxygen atoms in total. The standard InChI is InChI=1S/C9H15NO2/c1-8(12-2)9(11)10-6-4-3-5-7-10/h3-4,8H,5-7H2,1-2H3. The molecular weight excluding hydrogens is 154 g/mol. The summed E-state index contributed by atoms with van der Waals surface area (Å²) in [6.07, 6.45) is 4.77. The maximum Gasteiger partial charge on any atom is 0.251 e. The van der Waals surface area contributed by atoms with Crippen LogP contribution >= 0.6 is 0 Å². The number of rotatable bonds is 2. The molecule has 1 heterocycles. The van der Waals surface area contributed by atoms with Crippen molar-refractivity contribution in [2.75, 3.05) is 20.2 Å². The molecular formula is C9H15NO2. The zero-order valence-electron chi connectivity index (χ0n) is 7.62. The van der Waals surface area contributed by atoms with Crippen LogP contribution in [0.3, 0.4) is 0 Å². The minimum absolute atomic E-state index is 0.0850. The molecule has 0 aromatic heterocycles. The number of nitrogens with zero attached hydrogens (tertiary/aromatic N) is 1. The van der Waals surface area contributed by atoms with Gasteiger partial charge in [0.25, 0.3) is 5.91 Å². The highest BCUT2D eigenvalue weighted by Crippen LogP contribution is 2.04. The lowest BCUT2D eigenvalue weighted by Gasteiger charge is -2.25. The molecule has 1 aliphatic heterocycles. The van der Waals surface area contributed by atoms with Crippen LogP contribution in [0.15, 0.2) is 12.2 Å². The molecule has 3 heteroatoms. The molecule has 1 unspecified atom stereocenters. The van der Waals surface area contributed by atoms with Crippen LogP contribution in [0.1, 0.15) is 13.3 Å². The second-order valence-electron chi connectivity index (χ2n) is 2.92. The quantitative estimate of drug-likeness (QED) is 0.572. The van der Waals surface area contributed by atoms with Crippen molar-refractivity contribution in [3.8, 4) is 0 Å². The van der Waals surface area contributed by atoms with Crippen molar-refractivity contribution < 1.29 is 9.53 Å². The summed E-state index contributed by atoms with van der Waals surface area (Å²) >= 11 is 0. The number of methoxy groups -OCH3 is 1. The lowest BCUT2D eigenvalue weighted by atomic mass is 10.2. The summed E-state index contributed by atoms with van der Waals surface area (Å²) in [5.41, 5.74) is 0. The van der Waals surface area contributed by atoms with Gasteiger partial charge < -0.3 is 9.64 Å². The van der Waals surface area contributed by atoms with E-state index in [0.29, 0.717) is 0 Å². The summed E-state index contributed by atoms with van der Waals surface area (Å²) in [4.78, 5) is 13.3. The topological polar surface area (TPSA) is 29.5 Å². The maximum absolute atomic E-state index is 11.5. The molecule has 1 aliphatic rings. The molecule has 1 rings (SSSR count). The zero-order chi connectivity index (χ0) is 8.97. The normalized spacial score (nSPS) is 19.3. The van der Waals surface area contributed by atoms with E-state index in [1.54, 1.807) is 14.0 Å². The van der Waals surface area contributed by atoms with Crippen LogP contribution < -0.4 is 0 Å². The molecule has 0 aromatic carbocycles. The Bertz CT molecular complexity index is 189. The molecule has 0 saturated carbocycles. The van der Waals surface area contributed by atoms with E-state index in [9.17, 15) is 4.79 Å². The van der Waals surface area contributed by atoms with Crippen molar-refractivity contribution in [3.05, 3.63) is 12.2 Å². The predicted molar refractivity (Wildman–Crippen MR) is 46.8 cm³/mol. The van der Waals surface area contributed by atoms with Crippen LogP contribution in [0.25, 0.3) is 0 Å².